The quantitative estimate of drug-likeness (QED) is 0.847. The third-order valence-corrected chi connectivity index (χ3v) is 2.48. The zero-order valence-corrected chi connectivity index (χ0v) is 8.82. The van der Waals surface area contributed by atoms with Gasteiger partial charge in [0.15, 0.2) is 0 Å². The molecular weight excluding hydrogens is 216 g/mol. The number of rotatable bonds is 2. The molecule has 0 radical (unpaired) electrons. The molecule has 4 nitrogen and oxygen atoms in total. The number of carboxylic acid groups (broad SMARTS) is 1. The van der Waals surface area contributed by atoms with Crippen LogP contribution in [-0.4, -0.2) is 20.6 Å². The number of aryl methyl sites for hydroxylation is 1. The van der Waals surface area contributed by atoms with E-state index < -0.39 is 5.97 Å². The Hall–Kier alpha value is -1.55. The number of benzene rings is 1. The molecule has 0 aliphatic rings. The second-order valence-corrected chi connectivity index (χ2v) is 3.73. The zero-order valence-electron chi connectivity index (χ0n) is 8.07. The molecule has 2 aromatic rings. The number of imidazole rings is 1. The van der Waals surface area contributed by atoms with E-state index >= 15 is 0 Å². The molecule has 0 aliphatic carbocycles. The number of hydrogen-bond acceptors (Lipinski definition) is 2. The van der Waals surface area contributed by atoms with Crippen LogP contribution in [0.4, 0.5) is 0 Å². The molecule has 0 bridgehead atoms. The van der Waals surface area contributed by atoms with Crippen molar-refractivity contribution in [3.63, 3.8) is 0 Å². The van der Waals surface area contributed by atoms with E-state index in [-0.39, 0.29) is 6.42 Å². The second kappa shape index (κ2) is 3.55. The van der Waals surface area contributed by atoms with Crippen molar-refractivity contribution in [3.05, 3.63) is 29.0 Å². The number of hydrogen-bond donors (Lipinski definition) is 1. The first-order valence-electron chi connectivity index (χ1n) is 4.40. The summed E-state index contributed by atoms with van der Waals surface area (Å²) in [6, 6.07) is 5.31. The molecule has 0 atom stereocenters. The van der Waals surface area contributed by atoms with Crippen LogP contribution in [0.2, 0.25) is 5.02 Å². The van der Waals surface area contributed by atoms with Crippen molar-refractivity contribution in [2.24, 2.45) is 7.05 Å². The van der Waals surface area contributed by atoms with Crippen molar-refractivity contribution >= 4 is 28.6 Å². The van der Waals surface area contributed by atoms with Crippen molar-refractivity contribution < 1.29 is 9.90 Å². The highest BCUT2D eigenvalue weighted by molar-refractivity contribution is 6.31. The fourth-order valence-electron chi connectivity index (χ4n) is 1.52. The third-order valence-electron chi connectivity index (χ3n) is 2.24. The minimum absolute atomic E-state index is 0.0806. The maximum Gasteiger partial charge on any atom is 0.311 e. The summed E-state index contributed by atoms with van der Waals surface area (Å²) in [5.74, 6) is -0.362. The van der Waals surface area contributed by atoms with Crippen LogP contribution >= 0.6 is 11.6 Å². The minimum atomic E-state index is -0.889. The number of nitrogens with zero attached hydrogens (tertiary/aromatic N) is 2. The lowest BCUT2D eigenvalue weighted by atomic mass is 10.3. The normalized spacial score (nSPS) is 10.8. The maximum atomic E-state index is 10.6. The molecule has 1 heterocycles. The number of halogens is 1. The van der Waals surface area contributed by atoms with Gasteiger partial charge in [-0.05, 0) is 18.2 Å². The van der Waals surface area contributed by atoms with E-state index in [1.54, 1.807) is 23.7 Å². The van der Waals surface area contributed by atoms with E-state index in [2.05, 4.69) is 4.98 Å². The number of aliphatic carboxylic acids is 1. The molecule has 0 saturated carbocycles. The Balaban J connectivity index is 2.58. The molecule has 0 spiro atoms. The van der Waals surface area contributed by atoms with Crippen LogP contribution in [0.25, 0.3) is 11.0 Å². The van der Waals surface area contributed by atoms with E-state index in [9.17, 15) is 4.79 Å². The lowest BCUT2D eigenvalue weighted by molar-refractivity contribution is -0.136. The van der Waals surface area contributed by atoms with Gasteiger partial charge in [0.2, 0.25) is 0 Å². The van der Waals surface area contributed by atoms with Crippen molar-refractivity contribution in [3.8, 4) is 0 Å². The first kappa shape index (κ1) is 9.98. The highest BCUT2D eigenvalue weighted by Crippen LogP contribution is 2.19. The summed E-state index contributed by atoms with van der Waals surface area (Å²) < 4.78 is 1.76. The van der Waals surface area contributed by atoms with Crippen LogP contribution in [0.1, 0.15) is 5.82 Å². The predicted octanol–water partition coefficient (Wildman–Crippen LogP) is 1.85. The second-order valence-electron chi connectivity index (χ2n) is 3.29. The molecule has 15 heavy (non-hydrogen) atoms. The smallest absolute Gasteiger partial charge is 0.311 e. The summed E-state index contributed by atoms with van der Waals surface area (Å²) in [4.78, 5) is 14.8. The fraction of sp³-hybridized carbons (Fsp3) is 0.200. The van der Waals surface area contributed by atoms with E-state index in [1.165, 1.54) is 0 Å². The molecule has 1 aromatic heterocycles. The number of carbonyl (C=O) groups is 1. The Morgan fingerprint density at radius 1 is 1.60 bits per heavy atom. The zero-order chi connectivity index (χ0) is 11.0. The van der Waals surface area contributed by atoms with Gasteiger partial charge in [-0.2, -0.15) is 0 Å². The van der Waals surface area contributed by atoms with Gasteiger partial charge < -0.3 is 9.67 Å². The number of fused-ring (bicyclic) bond motifs is 1. The highest BCUT2D eigenvalue weighted by Gasteiger charge is 2.10. The van der Waals surface area contributed by atoms with Gasteiger partial charge in [-0.3, -0.25) is 4.79 Å². The summed E-state index contributed by atoms with van der Waals surface area (Å²) in [6.45, 7) is 0. The summed E-state index contributed by atoms with van der Waals surface area (Å²) in [7, 11) is 1.79. The summed E-state index contributed by atoms with van der Waals surface area (Å²) in [5.41, 5.74) is 1.61. The summed E-state index contributed by atoms with van der Waals surface area (Å²) in [5, 5.41) is 9.29. The minimum Gasteiger partial charge on any atom is -0.481 e. The van der Waals surface area contributed by atoms with E-state index in [0.29, 0.717) is 10.8 Å². The van der Waals surface area contributed by atoms with Crippen molar-refractivity contribution in [2.45, 2.75) is 6.42 Å². The number of aromatic nitrogens is 2. The van der Waals surface area contributed by atoms with Crippen molar-refractivity contribution in [1.82, 2.24) is 9.55 Å². The van der Waals surface area contributed by atoms with E-state index in [0.717, 1.165) is 11.0 Å². The Bertz CT molecular complexity index is 533. The fourth-order valence-corrected chi connectivity index (χ4v) is 1.68. The van der Waals surface area contributed by atoms with E-state index in [4.69, 9.17) is 16.7 Å². The van der Waals surface area contributed by atoms with Gasteiger partial charge in [0.05, 0.1) is 11.0 Å². The monoisotopic (exact) mass is 224 g/mol. The Kier molecular flexibility index (Phi) is 2.36. The molecule has 2 rings (SSSR count). The molecule has 1 N–H and O–H groups in total. The Labute approximate surface area is 91.1 Å². The van der Waals surface area contributed by atoms with Crippen LogP contribution < -0.4 is 0 Å². The van der Waals surface area contributed by atoms with Crippen LogP contribution in [-0.2, 0) is 18.3 Å². The number of carboxylic acids is 1. The van der Waals surface area contributed by atoms with Gasteiger partial charge in [0.1, 0.15) is 12.2 Å². The van der Waals surface area contributed by atoms with Gasteiger partial charge >= 0.3 is 5.97 Å². The first-order valence-corrected chi connectivity index (χ1v) is 4.78. The molecule has 0 amide bonds. The Morgan fingerprint density at radius 3 is 3.00 bits per heavy atom. The third kappa shape index (κ3) is 1.80. The molecule has 5 heteroatoms. The average Bonchev–Trinajstić information content (AvgIpc) is 2.42. The molecule has 0 saturated heterocycles. The predicted molar refractivity (Wildman–Crippen MR) is 57.1 cm³/mol. The van der Waals surface area contributed by atoms with Crippen molar-refractivity contribution in [1.29, 1.82) is 0 Å². The molecule has 0 fully saturated rings. The molecular formula is C10H9ClN2O2. The van der Waals surface area contributed by atoms with E-state index in [1.807, 2.05) is 6.07 Å². The topological polar surface area (TPSA) is 55.1 Å². The standard InChI is InChI=1S/C10H9ClN2O2/c1-13-8-3-2-6(11)4-7(8)12-9(13)5-10(14)15/h2-4H,5H2,1H3,(H,14,15). The van der Waals surface area contributed by atoms with Gasteiger partial charge in [-0.1, -0.05) is 11.6 Å². The van der Waals surface area contributed by atoms with Crippen LogP contribution in [0.3, 0.4) is 0 Å². The molecule has 78 valence electrons. The maximum absolute atomic E-state index is 10.6. The lowest BCUT2D eigenvalue weighted by Crippen LogP contribution is -2.06. The van der Waals surface area contributed by atoms with Crippen LogP contribution in [0.15, 0.2) is 18.2 Å². The van der Waals surface area contributed by atoms with Gasteiger partial charge in [-0.25, -0.2) is 4.98 Å². The summed E-state index contributed by atoms with van der Waals surface area (Å²) in [6.07, 6.45) is -0.0806. The van der Waals surface area contributed by atoms with Gasteiger partial charge in [0, 0.05) is 12.1 Å². The van der Waals surface area contributed by atoms with Crippen LogP contribution in [0, 0.1) is 0 Å². The molecule has 1 aromatic carbocycles. The summed E-state index contributed by atoms with van der Waals surface area (Å²) >= 11 is 5.82. The van der Waals surface area contributed by atoms with Crippen LogP contribution in [0.5, 0.6) is 0 Å². The largest absolute Gasteiger partial charge is 0.481 e. The highest BCUT2D eigenvalue weighted by atomic mass is 35.5. The SMILES string of the molecule is Cn1c(CC(=O)O)nc2cc(Cl)ccc21. The molecule has 0 unspecified atom stereocenters. The van der Waals surface area contributed by atoms with Crippen molar-refractivity contribution in [2.75, 3.05) is 0 Å². The van der Waals surface area contributed by atoms with Gasteiger partial charge in [-0.15, -0.1) is 0 Å². The first-order chi connectivity index (χ1) is 7.08. The Morgan fingerprint density at radius 2 is 2.33 bits per heavy atom. The molecule has 0 aliphatic heterocycles. The average molecular weight is 225 g/mol. The van der Waals surface area contributed by atoms with Gasteiger partial charge in [0.25, 0.3) is 0 Å². The lowest BCUT2D eigenvalue weighted by Gasteiger charge is -1.98.